The van der Waals surface area contributed by atoms with E-state index in [1.807, 2.05) is 6.92 Å². The summed E-state index contributed by atoms with van der Waals surface area (Å²) in [4.78, 5) is 26.2. The van der Waals surface area contributed by atoms with Gasteiger partial charge >= 0.3 is 5.69 Å². The lowest BCUT2D eigenvalue weighted by Crippen LogP contribution is -2.51. The first-order valence-electron chi connectivity index (χ1n) is 13.0. The molecule has 2 N–H and O–H groups in total. The average molecular weight is 469 g/mol. The second-order valence-corrected chi connectivity index (χ2v) is 12.1. The van der Waals surface area contributed by atoms with Crippen LogP contribution in [0.4, 0.5) is 0 Å². The van der Waals surface area contributed by atoms with Gasteiger partial charge in [0.15, 0.2) is 11.6 Å². The summed E-state index contributed by atoms with van der Waals surface area (Å²) in [6.45, 7) is 4.33. The molecule has 9 heteroatoms. The van der Waals surface area contributed by atoms with E-state index in [0.29, 0.717) is 23.6 Å². The summed E-state index contributed by atoms with van der Waals surface area (Å²) < 4.78 is 2.33. The third-order valence-corrected chi connectivity index (χ3v) is 10.3. The number of nitrogens with zero attached hydrogens (tertiary/aromatic N) is 5. The minimum atomic E-state index is -0.487. The fourth-order valence-electron chi connectivity index (χ4n) is 8.76. The number of aromatic nitrogens is 6. The number of hydrogen-bond acceptors (Lipinski definition) is 6. The molecule has 34 heavy (non-hydrogen) atoms. The molecule has 4 aliphatic rings. The third-order valence-electron chi connectivity index (χ3n) is 10.3. The minimum absolute atomic E-state index is 0.00816. The first-order valence-corrected chi connectivity index (χ1v) is 13.0. The second kappa shape index (κ2) is 7.86. The quantitative estimate of drug-likeness (QED) is 0.712. The van der Waals surface area contributed by atoms with E-state index < -0.39 is 11.3 Å². The highest BCUT2D eigenvalue weighted by Crippen LogP contribution is 2.64. The van der Waals surface area contributed by atoms with Crippen LogP contribution in [0, 0.1) is 40.9 Å². The van der Waals surface area contributed by atoms with Crippen LogP contribution < -0.4 is 5.69 Å². The van der Waals surface area contributed by atoms with Crippen molar-refractivity contribution in [2.24, 2.45) is 40.9 Å². The number of H-pyrrole nitrogens is 1. The molecule has 0 saturated heterocycles. The van der Waals surface area contributed by atoms with Gasteiger partial charge in [-0.25, -0.2) is 4.79 Å². The van der Waals surface area contributed by atoms with Crippen LogP contribution in [0.5, 0.6) is 0 Å². The Morgan fingerprint density at radius 3 is 2.71 bits per heavy atom. The lowest BCUT2D eigenvalue weighted by Gasteiger charge is -2.56. The smallest absolute Gasteiger partial charge is 0.370 e. The van der Waals surface area contributed by atoms with Crippen molar-refractivity contribution < 1.29 is 9.90 Å². The predicted molar refractivity (Wildman–Crippen MR) is 124 cm³/mol. The van der Waals surface area contributed by atoms with Crippen molar-refractivity contribution in [3.05, 3.63) is 22.7 Å². The Labute approximate surface area is 199 Å². The topological polar surface area (TPSA) is 119 Å². The molecule has 1 unspecified atom stereocenters. The van der Waals surface area contributed by atoms with Gasteiger partial charge in [0, 0.05) is 12.0 Å². The van der Waals surface area contributed by atoms with Crippen molar-refractivity contribution in [3.8, 4) is 5.82 Å². The van der Waals surface area contributed by atoms with E-state index in [-0.39, 0.29) is 23.7 Å². The first kappa shape index (κ1) is 22.2. The van der Waals surface area contributed by atoms with Crippen LogP contribution in [0.15, 0.2) is 17.1 Å². The van der Waals surface area contributed by atoms with Crippen molar-refractivity contribution in [2.45, 2.75) is 83.8 Å². The molecule has 9 nitrogen and oxygen atoms in total. The Hall–Kier alpha value is -2.29. The molecule has 4 saturated carbocycles. The summed E-state index contributed by atoms with van der Waals surface area (Å²) in [7, 11) is 0. The molecule has 2 heterocycles. The van der Waals surface area contributed by atoms with E-state index >= 15 is 0 Å². The van der Waals surface area contributed by atoms with Crippen LogP contribution in [-0.2, 0) is 11.3 Å². The second-order valence-electron chi connectivity index (χ2n) is 12.1. The molecule has 0 aliphatic heterocycles. The number of hydrogen-bond donors (Lipinski definition) is 2. The lowest BCUT2D eigenvalue weighted by atomic mass is 9.49. The van der Waals surface area contributed by atoms with E-state index in [4.69, 9.17) is 0 Å². The van der Waals surface area contributed by atoms with E-state index in [9.17, 15) is 14.7 Å². The van der Waals surface area contributed by atoms with Crippen LogP contribution in [-0.4, -0.2) is 46.5 Å². The zero-order chi connectivity index (χ0) is 23.7. The molecule has 8 atom stereocenters. The highest BCUT2D eigenvalue weighted by molar-refractivity contribution is 5.82. The molecular weight excluding hydrogens is 432 g/mol. The summed E-state index contributed by atoms with van der Waals surface area (Å²) in [6, 6.07) is 1.64. The van der Waals surface area contributed by atoms with E-state index in [1.54, 1.807) is 12.3 Å². The number of carbonyl (C=O) groups excluding carboxylic acids is 1. The summed E-state index contributed by atoms with van der Waals surface area (Å²) in [5.41, 5.74) is -0.902. The molecule has 2 aromatic heterocycles. The molecule has 0 amide bonds. The number of carbonyl (C=O) groups is 1. The van der Waals surface area contributed by atoms with Crippen LogP contribution in [0.2, 0.25) is 0 Å². The van der Waals surface area contributed by atoms with Gasteiger partial charge in [0.2, 0.25) is 0 Å². The highest BCUT2D eigenvalue weighted by atomic mass is 16.3. The number of aliphatic hydroxyl groups is 1. The first-order chi connectivity index (χ1) is 16.3. The summed E-state index contributed by atoms with van der Waals surface area (Å²) in [5.74, 6) is 3.98. The molecule has 6 rings (SSSR count). The molecule has 0 radical (unpaired) electrons. The summed E-state index contributed by atoms with van der Waals surface area (Å²) in [5, 5.41) is 25.0. The van der Waals surface area contributed by atoms with Crippen molar-refractivity contribution in [1.29, 1.82) is 0 Å². The van der Waals surface area contributed by atoms with Crippen molar-refractivity contribution in [2.75, 3.05) is 0 Å². The number of rotatable bonds is 4. The Balaban J connectivity index is 1.18. The predicted octanol–water partition coefficient (Wildman–Crippen LogP) is 2.74. The normalized spacial score (nSPS) is 41.5. The summed E-state index contributed by atoms with van der Waals surface area (Å²) in [6.07, 6.45) is 11.3. The van der Waals surface area contributed by atoms with Crippen LogP contribution in [0.3, 0.4) is 0 Å². The Morgan fingerprint density at radius 2 is 1.91 bits per heavy atom. The Bertz CT molecular complexity index is 1120. The average Bonchev–Trinajstić information content (AvgIpc) is 3.52. The summed E-state index contributed by atoms with van der Waals surface area (Å²) >= 11 is 0. The molecule has 4 aliphatic carbocycles. The SMILES string of the molecule is C[C@@]1(O)CCC2[C@H](CC[C@@H]3[C@@H]2CC[C@]2(C)[C@@H](C(=O)Cn4nnn(-c5ccn[nH]5)c4=O)CC[C@@H]32)C1. The Kier molecular flexibility index (Phi) is 5.13. The Morgan fingerprint density at radius 1 is 1.09 bits per heavy atom. The third kappa shape index (κ3) is 3.41. The number of tetrazole rings is 1. The van der Waals surface area contributed by atoms with Gasteiger partial charge in [0.1, 0.15) is 6.54 Å². The van der Waals surface area contributed by atoms with E-state index in [1.165, 1.54) is 23.9 Å². The van der Waals surface area contributed by atoms with Crippen LogP contribution >= 0.6 is 0 Å². The van der Waals surface area contributed by atoms with E-state index in [0.717, 1.165) is 55.0 Å². The monoisotopic (exact) mass is 468 g/mol. The van der Waals surface area contributed by atoms with Gasteiger partial charge in [-0.15, -0.1) is 4.68 Å². The van der Waals surface area contributed by atoms with E-state index in [2.05, 4.69) is 27.5 Å². The van der Waals surface area contributed by atoms with Crippen molar-refractivity contribution >= 4 is 5.78 Å². The molecule has 184 valence electrons. The molecule has 0 bridgehead atoms. The molecule has 0 aromatic carbocycles. The van der Waals surface area contributed by atoms with Gasteiger partial charge < -0.3 is 5.11 Å². The van der Waals surface area contributed by atoms with Gasteiger partial charge in [-0.2, -0.15) is 9.78 Å². The highest BCUT2D eigenvalue weighted by Gasteiger charge is 2.58. The zero-order valence-corrected chi connectivity index (χ0v) is 20.2. The fourth-order valence-corrected chi connectivity index (χ4v) is 8.76. The standard InChI is InChI=1S/C25H36N6O3/c1-24(34)10-7-16-15(13-24)3-4-18-17(16)8-11-25(2)19(18)5-6-20(25)21(32)14-30-23(33)31(29-28-30)22-9-12-26-27-22/h9,12,15-20,34H,3-8,10-11,13-14H2,1-2H3,(H,26,27)/t15-,16?,17-,18-,19+,20-,24-,25+/m1/s1. The zero-order valence-electron chi connectivity index (χ0n) is 20.2. The van der Waals surface area contributed by atoms with Crippen LogP contribution in [0.1, 0.15) is 71.6 Å². The van der Waals surface area contributed by atoms with Crippen LogP contribution in [0.25, 0.3) is 5.82 Å². The fraction of sp³-hybridized carbons (Fsp3) is 0.800. The largest absolute Gasteiger partial charge is 0.390 e. The maximum atomic E-state index is 13.5. The number of ketones is 1. The van der Waals surface area contributed by atoms with Gasteiger partial charge in [-0.1, -0.05) is 6.92 Å². The van der Waals surface area contributed by atoms with Gasteiger partial charge in [0.25, 0.3) is 0 Å². The van der Waals surface area contributed by atoms with Gasteiger partial charge in [-0.3, -0.25) is 9.89 Å². The molecule has 0 spiro atoms. The maximum absolute atomic E-state index is 13.5. The number of aromatic amines is 1. The van der Waals surface area contributed by atoms with Crippen molar-refractivity contribution in [3.63, 3.8) is 0 Å². The van der Waals surface area contributed by atoms with Gasteiger partial charge in [0.05, 0.1) is 11.8 Å². The number of Topliss-reactive ketones (excluding diaryl/α,β-unsaturated/α-hetero) is 1. The maximum Gasteiger partial charge on any atom is 0.370 e. The number of nitrogens with one attached hydrogen (secondary N) is 1. The lowest BCUT2D eigenvalue weighted by molar-refractivity contribution is -0.133. The van der Waals surface area contributed by atoms with Crippen molar-refractivity contribution in [1.82, 2.24) is 30.0 Å². The minimum Gasteiger partial charge on any atom is -0.390 e. The van der Waals surface area contributed by atoms with Gasteiger partial charge in [-0.05, 0) is 110 Å². The molecule has 2 aromatic rings. The molecule has 4 fully saturated rings. The molecular formula is C25H36N6O3. The number of fused-ring (bicyclic) bond motifs is 5.